The van der Waals surface area contributed by atoms with E-state index >= 15 is 0 Å². The van der Waals surface area contributed by atoms with Gasteiger partial charge in [-0.15, -0.1) is 0 Å². The van der Waals surface area contributed by atoms with Crippen LogP contribution in [0.15, 0.2) is 0 Å². The van der Waals surface area contributed by atoms with Gasteiger partial charge in [0.1, 0.15) is 0 Å². The number of nitrogen functional groups attached to an aromatic ring is 1. The largest absolute Gasteiger partial charge is 0.467 e. The molecule has 0 spiro atoms. The number of anilines is 2. The molecule has 1 heterocycles. The van der Waals surface area contributed by atoms with Crippen molar-refractivity contribution in [1.82, 2.24) is 15.0 Å². The van der Waals surface area contributed by atoms with Gasteiger partial charge in [-0.25, -0.2) is 0 Å². The highest BCUT2D eigenvalue weighted by Gasteiger charge is 2.24. The smallest absolute Gasteiger partial charge is 0.322 e. The molecule has 0 aliphatic heterocycles. The van der Waals surface area contributed by atoms with Crippen LogP contribution >= 0.6 is 0 Å². The molecule has 1 aromatic heterocycles. The number of nitrogens with zero attached hydrogens (tertiary/aromatic N) is 4. The molecule has 7 nitrogen and oxygen atoms in total. The Bertz CT molecular complexity index is 409. The van der Waals surface area contributed by atoms with Gasteiger partial charge in [0.25, 0.3) is 0 Å². The van der Waals surface area contributed by atoms with Gasteiger partial charge in [0.2, 0.25) is 11.9 Å². The molecular formula is C12H21N5O2. The maximum absolute atomic E-state index is 9.25. The minimum absolute atomic E-state index is 0.0599. The van der Waals surface area contributed by atoms with E-state index in [9.17, 15) is 5.11 Å². The molecule has 0 bridgehead atoms. The summed E-state index contributed by atoms with van der Waals surface area (Å²) in [4.78, 5) is 14.3. The molecule has 0 radical (unpaired) electrons. The standard InChI is InChI=1S/C12H21N5O2/c1-19-12-15-10(13)14-11(16-12)17(7-8-18)9-5-3-2-4-6-9/h9,18H,2-8H2,1H3,(H2,13,14,15,16). The summed E-state index contributed by atoms with van der Waals surface area (Å²) >= 11 is 0. The number of aliphatic hydroxyl groups is 1. The Balaban J connectivity index is 2.24. The van der Waals surface area contributed by atoms with E-state index in [1.165, 1.54) is 26.4 Å². The van der Waals surface area contributed by atoms with Crippen LogP contribution in [0.5, 0.6) is 6.01 Å². The number of ether oxygens (including phenoxy) is 1. The topological polar surface area (TPSA) is 97.4 Å². The lowest BCUT2D eigenvalue weighted by atomic mass is 9.94. The molecule has 106 valence electrons. The van der Waals surface area contributed by atoms with Crippen LogP contribution in [-0.4, -0.2) is 46.4 Å². The number of aliphatic hydroxyl groups excluding tert-OH is 1. The summed E-state index contributed by atoms with van der Waals surface area (Å²) in [5, 5.41) is 9.25. The molecule has 0 amide bonds. The second-order valence-electron chi connectivity index (χ2n) is 4.69. The zero-order valence-corrected chi connectivity index (χ0v) is 11.2. The van der Waals surface area contributed by atoms with Crippen molar-refractivity contribution in [2.75, 3.05) is 30.9 Å². The molecule has 2 rings (SSSR count). The first-order valence-electron chi connectivity index (χ1n) is 6.67. The van der Waals surface area contributed by atoms with Gasteiger partial charge < -0.3 is 20.5 Å². The normalized spacial score (nSPS) is 16.3. The predicted molar refractivity (Wildman–Crippen MR) is 72.1 cm³/mol. The first-order chi connectivity index (χ1) is 9.24. The molecule has 1 saturated carbocycles. The fourth-order valence-corrected chi connectivity index (χ4v) is 2.53. The highest BCUT2D eigenvalue weighted by molar-refractivity contribution is 5.37. The number of aromatic nitrogens is 3. The summed E-state index contributed by atoms with van der Waals surface area (Å²) in [6.07, 6.45) is 5.85. The predicted octanol–water partition coefficient (Wildman–Crippen LogP) is 0.594. The van der Waals surface area contributed by atoms with Gasteiger partial charge in [0.05, 0.1) is 13.7 Å². The molecule has 0 unspecified atom stereocenters. The van der Waals surface area contributed by atoms with Crippen molar-refractivity contribution >= 4 is 11.9 Å². The number of methoxy groups -OCH3 is 1. The third-order valence-electron chi connectivity index (χ3n) is 3.42. The highest BCUT2D eigenvalue weighted by atomic mass is 16.5. The van der Waals surface area contributed by atoms with E-state index in [0.717, 1.165) is 12.8 Å². The Morgan fingerprint density at radius 2 is 2.00 bits per heavy atom. The minimum Gasteiger partial charge on any atom is -0.467 e. The second kappa shape index (κ2) is 6.51. The van der Waals surface area contributed by atoms with E-state index < -0.39 is 0 Å². The van der Waals surface area contributed by atoms with E-state index in [1.54, 1.807) is 0 Å². The third kappa shape index (κ3) is 3.44. The fraction of sp³-hybridized carbons (Fsp3) is 0.750. The van der Waals surface area contributed by atoms with Crippen molar-refractivity contribution < 1.29 is 9.84 Å². The van der Waals surface area contributed by atoms with Crippen molar-refractivity contribution in [2.24, 2.45) is 0 Å². The van der Waals surface area contributed by atoms with Crippen LogP contribution in [0.4, 0.5) is 11.9 Å². The minimum atomic E-state index is 0.0599. The van der Waals surface area contributed by atoms with Crippen molar-refractivity contribution in [3.05, 3.63) is 0 Å². The number of hydrogen-bond donors (Lipinski definition) is 2. The summed E-state index contributed by atoms with van der Waals surface area (Å²) in [7, 11) is 1.50. The summed E-state index contributed by atoms with van der Waals surface area (Å²) in [5.41, 5.74) is 5.67. The molecule has 0 aromatic carbocycles. The van der Waals surface area contributed by atoms with Crippen LogP contribution < -0.4 is 15.4 Å². The summed E-state index contributed by atoms with van der Waals surface area (Å²) in [5.74, 6) is 0.630. The van der Waals surface area contributed by atoms with Crippen molar-refractivity contribution in [1.29, 1.82) is 0 Å². The van der Waals surface area contributed by atoms with Gasteiger partial charge >= 0.3 is 6.01 Å². The third-order valence-corrected chi connectivity index (χ3v) is 3.42. The second-order valence-corrected chi connectivity index (χ2v) is 4.69. The summed E-state index contributed by atoms with van der Waals surface area (Å²) in [6.45, 7) is 0.557. The molecule has 19 heavy (non-hydrogen) atoms. The van der Waals surface area contributed by atoms with Crippen LogP contribution in [0.1, 0.15) is 32.1 Å². The van der Waals surface area contributed by atoms with Crippen molar-refractivity contribution in [3.63, 3.8) is 0 Å². The van der Waals surface area contributed by atoms with Crippen molar-refractivity contribution in [2.45, 2.75) is 38.1 Å². The Morgan fingerprint density at radius 1 is 1.26 bits per heavy atom. The average Bonchev–Trinajstić information content (AvgIpc) is 2.45. The maximum atomic E-state index is 9.25. The number of rotatable bonds is 5. The highest BCUT2D eigenvalue weighted by Crippen LogP contribution is 2.26. The van der Waals surface area contributed by atoms with E-state index in [2.05, 4.69) is 15.0 Å². The molecule has 1 aliphatic carbocycles. The van der Waals surface area contributed by atoms with Crippen LogP contribution in [0, 0.1) is 0 Å². The van der Waals surface area contributed by atoms with Gasteiger partial charge in [-0.05, 0) is 12.8 Å². The SMILES string of the molecule is COc1nc(N)nc(N(CCO)C2CCCCC2)n1. The van der Waals surface area contributed by atoms with Gasteiger partial charge in [0.15, 0.2) is 0 Å². The summed E-state index contributed by atoms with van der Waals surface area (Å²) in [6, 6.07) is 0.564. The average molecular weight is 267 g/mol. The van der Waals surface area contributed by atoms with Crippen molar-refractivity contribution in [3.8, 4) is 6.01 Å². The molecule has 3 N–H and O–H groups in total. The zero-order valence-electron chi connectivity index (χ0n) is 11.2. The molecule has 0 saturated heterocycles. The Hall–Kier alpha value is -1.63. The van der Waals surface area contributed by atoms with Gasteiger partial charge in [0, 0.05) is 12.6 Å². The van der Waals surface area contributed by atoms with E-state index in [4.69, 9.17) is 10.5 Å². The van der Waals surface area contributed by atoms with Crippen LogP contribution in [0.25, 0.3) is 0 Å². The Labute approximate surface area is 112 Å². The maximum Gasteiger partial charge on any atom is 0.322 e. The summed E-state index contributed by atoms with van der Waals surface area (Å²) < 4.78 is 5.02. The number of nitrogens with two attached hydrogens (primary N) is 1. The first kappa shape index (κ1) is 13.8. The molecule has 0 atom stereocenters. The lowest BCUT2D eigenvalue weighted by Gasteiger charge is -2.33. The van der Waals surface area contributed by atoms with Gasteiger partial charge in [-0.1, -0.05) is 19.3 Å². The first-order valence-corrected chi connectivity index (χ1v) is 6.67. The molecule has 1 aliphatic rings. The quantitative estimate of drug-likeness (QED) is 0.805. The molecule has 1 fully saturated rings. The van der Waals surface area contributed by atoms with Crippen LogP contribution in [0.2, 0.25) is 0 Å². The Kier molecular flexibility index (Phi) is 4.73. The van der Waals surface area contributed by atoms with Gasteiger partial charge in [-0.2, -0.15) is 15.0 Å². The molecular weight excluding hydrogens is 246 g/mol. The lowest BCUT2D eigenvalue weighted by molar-refractivity contribution is 0.288. The lowest BCUT2D eigenvalue weighted by Crippen LogP contribution is -2.40. The Morgan fingerprint density at radius 3 is 2.63 bits per heavy atom. The van der Waals surface area contributed by atoms with E-state index in [0.29, 0.717) is 18.5 Å². The molecule has 7 heteroatoms. The van der Waals surface area contributed by atoms with E-state index in [-0.39, 0.29) is 18.6 Å². The number of hydrogen-bond acceptors (Lipinski definition) is 7. The van der Waals surface area contributed by atoms with Crippen LogP contribution in [-0.2, 0) is 0 Å². The van der Waals surface area contributed by atoms with E-state index in [1.807, 2.05) is 4.90 Å². The monoisotopic (exact) mass is 267 g/mol. The zero-order chi connectivity index (χ0) is 13.7. The van der Waals surface area contributed by atoms with Crippen LogP contribution in [0.3, 0.4) is 0 Å². The van der Waals surface area contributed by atoms with Gasteiger partial charge in [-0.3, -0.25) is 0 Å². The molecule has 1 aromatic rings. The fourth-order valence-electron chi connectivity index (χ4n) is 2.53.